The van der Waals surface area contributed by atoms with E-state index in [-0.39, 0.29) is 6.61 Å². The van der Waals surface area contributed by atoms with Crippen LogP contribution >= 0.6 is 0 Å². The standard InChI is InChI=1S/C17H15N5O/c1-13(8-18)22-9-15(10-23-17(2,11-19)12-20)21-16(22)14-6-4-3-5-7-14/h3-7,9,13H,10H2,1-2H3. The van der Waals surface area contributed by atoms with Crippen molar-refractivity contribution in [3.63, 3.8) is 0 Å². The van der Waals surface area contributed by atoms with Crippen molar-refractivity contribution in [2.45, 2.75) is 32.1 Å². The molecule has 0 aliphatic carbocycles. The van der Waals surface area contributed by atoms with Gasteiger partial charge in [-0.15, -0.1) is 0 Å². The average Bonchev–Trinajstić information content (AvgIpc) is 3.04. The Balaban J connectivity index is 2.34. The zero-order valence-electron chi connectivity index (χ0n) is 12.9. The van der Waals surface area contributed by atoms with Gasteiger partial charge in [0.1, 0.15) is 24.0 Å². The first kappa shape index (κ1) is 16.2. The fourth-order valence-corrected chi connectivity index (χ4v) is 1.98. The second-order valence-corrected chi connectivity index (χ2v) is 5.18. The number of hydrogen-bond acceptors (Lipinski definition) is 5. The minimum atomic E-state index is -1.52. The molecule has 1 heterocycles. The predicted octanol–water partition coefficient (Wildman–Crippen LogP) is 2.96. The Morgan fingerprint density at radius 2 is 1.87 bits per heavy atom. The van der Waals surface area contributed by atoms with Crippen molar-refractivity contribution >= 4 is 0 Å². The Morgan fingerprint density at radius 3 is 2.43 bits per heavy atom. The van der Waals surface area contributed by atoms with E-state index in [1.54, 1.807) is 17.7 Å². The van der Waals surface area contributed by atoms with Crippen LogP contribution in [0.3, 0.4) is 0 Å². The molecule has 0 amide bonds. The van der Waals surface area contributed by atoms with E-state index in [1.165, 1.54) is 6.92 Å². The van der Waals surface area contributed by atoms with Crippen molar-refractivity contribution in [3.8, 4) is 29.6 Å². The number of aromatic nitrogens is 2. The second kappa shape index (κ2) is 6.75. The molecule has 0 spiro atoms. The van der Waals surface area contributed by atoms with Gasteiger partial charge >= 0.3 is 0 Å². The summed E-state index contributed by atoms with van der Waals surface area (Å²) in [4.78, 5) is 4.49. The van der Waals surface area contributed by atoms with Crippen LogP contribution < -0.4 is 0 Å². The number of nitriles is 3. The molecule has 6 nitrogen and oxygen atoms in total. The molecule has 6 heteroatoms. The Hall–Kier alpha value is -3.14. The summed E-state index contributed by atoms with van der Waals surface area (Å²) in [5.74, 6) is 0.647. The number of nitrogens with zero attached hydrogens (tertiary/aromatic N) is 5. The lowest BCUT2D eigenvalue weighted by Gasteiger charge is -2.11. The van der Waals surface area contributed by atoms with Crippen molar-refractivity contribution < 1.29 is 4.74 Å². The molecule has 114 valence electrons. The minimum absolute atomic E-state index is 0.0165. The van der Waals surface area contributed by atoms with Crippen LogP contribution in [0.5, 0.6) is 0 Å². The van der Waals surface area contributed by atoms with Crippen LogP contribution in [0.15, 0.2) is 36.5 Å². The highest BCUT2D eigenvalue weighted by molar-refractivity contribution is 5.56. The number of rotatable bonds is 5. The normalized spacial score (nSPS) is 12.0. The minimum Gasteiger partial charge on any atom is -0.342 e. The van der Waals surface area contributed by atoms with Crippen LogP contribution in [-0.4, -0.2) is 15.2 Å². The lowest BCUT2D eigenvalue weighted by molar-refractivity contribution is 0.0375. The van der Waals surface area contributed by atoms with Gasteiger partial charge in [0.2, 0.25) is 5.60 Å². The molecule has 0 bridgehead atoms. The maximum atomic E-state index is 9.19. The molecule has 0 fully saturated rings. The van der Waals surface area contributed by atoms with Gasteiger partial charge in [0.15, 0.2) is 0 Å². The van der Waals surface area contributed by atoms with Crippen molar-refractivity contribution in [1.29, 1.82) is 15.8 Å². The van der Waals surface area contributed by atoms with Crippen LogP contribution in [0.4, 0.5) is 0 Å². The highest BCUT2D eigenvalue weighted by Crippen LogP contribution is 2.23. The Morgan fingerprint density at radius 1 is 1.22 bits per heavy atom. The zero-order valence-corrected chi connectivity index (χ0v) is 12.9. The lowest BCUT2D eigenvalue weighted by Crippen LogP contribution is -2.23. The first-order chi connectivity index (χ1) is 11.0. The second-order valence-electron chi connectivity index (χ2n) is 5.18. The first-order valence-electron chi connectivity index (χ1n) is 7.02. The van der Waals surface area contributed by atoms with Crippen LogP contribution in [0.1, 0.15) is 25.6 Å². The molecule has 2 rings (SSSR count). The van der Waals surface area contributed by atoms with Crippen molar-refractivity contribution in [2.24, 2.45) is 0 Å². The number of benzene rings is 1. The van der Waals surface area contributed by atoms with Gasteiger partial charge in [-0.3, -0.25) is 0 Å². The van der Waals surface area contributed by atoms with Gasteiger partial charge in [-0.25, -0.2) is 4.98 Å². The SMILES string of the molecule is CC(C#N)n1cc(COC(C)(C#N)C#N)nc1-c1ccccc1. The molecule has 0 radical (unpaired) electrons. The van der Waals surface area contributed by atoms with E-state index in [2.05, 4.69) is 11.1 Å². The number of ether oxygens (including phenoxy) is 1. The van der Waals surface area contributed by atoms with Gasteiger partial charge in [-0.2, -0.15) is 15.8 Å². The highest BCUT2D eigenvalue weighted by Gasteiger charge is 2.25. The van der Waals surface area contributed by atoms with Gasteiger partial charge in [0.05, 0.1) is 18.4 Å². The van der Waals surface area contributed by atoms with E-state index >= 15 is 0 Å². The largest absolute Gasteiger partial charge is 0.342 e. The van der Waals surface area contributed by atoms with E-state index in [1.807, 2.05) is 42.5 Å². The van der Waals surface area contributed by atoms with Crippen LogP contribution in [0.2, 0.25) is 0 Å². The molecule has 1 aromatic heterocycles. The Kier molecular flexibility index (Phi) is 4.76. The topological polar surface area (TPSA) is 98.4 Å². The summed E-state index contributed by atoms with van der Waals surface area (Å²) >= 11 is 0. The fourth-order valence-electron chi connectivity index (χ4n) is 1.98. The van der Waals surface area contributed by atoms with E-state index in [0.29, 0.717) is 11.5 Å². The molecule has 0 aliphatic heterocycles. The molecular formula is C17H15N5O. The molecule has 1 unspecified atom stereocenters. The summed E-state index contributed by atoms with van der Waals surface area (Å²) < 4.78 is 7.10. The zero-order chi connectivity index (χ0) is 16.9. The van der Waals surface area contributed by atoms with E-state index in [4.69, 9.17) is 15.3 Å². The maximum absolute atomic E-state index is 9.19. The fraction of sp³-hybridized carbons (Fsp3) is 0.294. The van der Waals surface area contributed by atoms with Gasteiger partial charge in [-0.1, -0.05) is 30.3 Å². The molecule has 2 aromatic rings. The summed E-state index contributed by atoms with van der Waals surface area (Å²) in [5, 5.41) is 27.1. The monoisotopic (exact) mass is 305 g/mol. The Labute approximate surface area is 134 Å². The maximum Gasteiger partial charge on any atom is 0.238 e. The molecule has 0 N–H and O–H groups in total. The third-order valence-corrected chi connectivity index (χ3v) is 3.35. The van der Waals surface area contributed by atoms with Crippen molar-refractivity contribution in [2.75, 3.05) is 0 Å². The third kappa shape index (κ3) is 3.55. The first-order valence-corrected chi connectivity index (χ1v) is 7.02. The molecule has 23 heavy (non-hydrogen) atoms. The van der Waals surface area contributed by atoms with Gasteiger partial charge in [0.25, 0.3) is 0 Å². The molecule has 0 saturated heterocycles. The average molecular weight is 305 g/mol. The summed E-state index contributed by atoms with van der Waals surface area (Å²) in [6, 6.07) is 14.9. The molecule has 0 aliphatic rings. The van der Waals surface area contributed by atoms with Crippen molar-refractivity contribution in [3.05, 3.63) is 42.2 Å². The summed E-state index contributed by atoms with van der Waals surface area (Å²) in [6.45, 7) is 3.19. The molecular weight excluding hydrogens is 290 g/mol. The summed E-state index contributed by atoms with van der Waals surface area (Å²) in [7, 11) is 0. The number of imidazole rings is 1. The molecule has 1 aromatic carbocycles. The summed E-state index contributed by atoms with van der Waals surface area (Å²) in [6.07, 6.45) is 1.71. The van der Waals surface area contributed by atoms with Gasteiger partial charge < -0.3 is 9.30 Å². The Bertz CT molecular complexity index is 790. The van der Waals surface area contributed by atoms with Crippen LogP contribution in [0.25, 0.3) is 11.4 Å². The van der Waals surface area contributed by atoms with E-state index in [9.17, 15) is 5.26 Å². The van der Waals surface area contributed by atoms with E-state index in [0.717, 1.165) is 5.56 Å². The highest BCUT2D eigenvalue weighted by atomic mass is 16.5. The smallest absolute Gasteiger partial charge is 0.238 e. The molecule has 1 atom stereocenters. The number of hydrogen-bond donors (Lipinski definition) is 0. The predicted molar refractivity (Wildman–Crippen MR) is 82.4 cm³/mol. The van der Waals surface area contributed by atoms with Gasteiger partial charge in [0, 0.05) is 11.8 Å². The lowest BCUT2D eigenvalue weighted by atomic mass is 10.1. The van der Waals surface area contributed by atoms with Crippen LogP contribution in [0, 0.1) is 34.0 Å². The van der Waals surface area contributed by atoms with Crippen molar-refractivity contribution in [1.82, 2.24) is 9.55 Å². The third-order valence-electron chi connectivity index (χ3n) is 3.35. The van der Waals surface area contributed by atoms with Gasteiger partial charge in [-0.05, 0) is 13.8 Å². The van der Waals surface area contributed by atoms with E-state index < -0.39 is 11.6 Å². The molecule has 0 saturated carbocycles. The summed E-state index contributed by atoms with van der Waals surface area (Å²) in [5.41, 5.74) is -0.0794. The van der Waals surface area contributed by atoms with Crippen LogP contribution in [-0.2, 0) is 11.3 Å². The quantitative estimate of drug-likeness (QED) is 0.845.